The zero-order valence-electron chi connectivity index (χ0n) is 14.9. The van der Waals surface area contributed by atoms with Crippen molar-refractivity contribution in [2.45, 2.75) is 20.4 Å². The van der Waals surface area contributed by atoms with Crippen LogP contribution >= 0.6 is 22.7 Å². The maximum absolute atomic E-state index is 12.3. The van der Waals surface area contributed by atoms with Gasteiger partial charge in [0.05, 0.1) is 11.4 Å². The highest BCUT2D eigenvalue weighted by molar-refractivity contribution is 7.14. The van der Waals surface area contributed by atoms with Crippen LogP contribution < -0.4 is 10.6 Å². The highest BCUT2D eigenvalue weighted by Crippen LogP contribution is 2.21. The zero-order valence-corrected chi connectivity index (χ0v) is 16.5. The molecule has 7 heteroatoms. The Morgan fingerprint density at radius 1 is 0.963 bits per heavy atom. The van der Waals surface area contributed by atoms with Crippen LogP contribution in [0.1, 0.15) is 31.2 Å². The van der Waals surface area contributed by atoms with E-state index in [1.807, 2.05) is 25.3 Å². The number of nitrogens with one attached hydrogen (secondary N) is 2. The van der Waals surface area contributed by atoms with E-state index in [-0.39, 0.29) is 12.3 Å². The van der Waals surface area contributed by atoms with Gasteiger partial charge in [0.15, 0.2) is 0 Å². The fraction of sp³-hybridized carbons (Fsp3) is 0.150. The van der Waals surface area contributed by atoms with E-state index < -0.39 is 11.8 Å². The average molecular weight is 399 g/mol. The topological polar surface area (TPSA) is 75.3 Å². The summed E-state index contributed by atoms with van der Waals surface area (Å²) < 4.78 is 0. The Balaban J connectivity index is 1.56. The van der Waals surface area contributed by atoms with Gasteiger partial charge in [-0.3, -0.25) is 14.4 Å². The Morgan fingerprint density at radius 3 is 2.37 bits per heavy atom. The third-order valence-electron chi connectivity index (χ3n) is 3.78. The van der Waals surface area contributed by atoms with Gasteiger partial charge in [0.1, 0.15) is 0 Å². The molecule has 0 atom stereocenters. The number of carbonyl (C=O) groups excluding carboxylic acids is 3. The van der Waals surface area contributed by atoms with Gasteiger partial charge in [-0.25, -0.2) is 0 Å². The van der Waals surface area contributed by atoms with Crippen LogP contribution in [-0.4, -0.2) is 17.6 Å². The number of amides is 2. The Labute approximate surface area is 165 Å². The monoisotopic (exact) mass is 398 g/mol. The summed E-state index contributed by atoms with van der Waals surface area (Å²) in [5, 5.41) is 8.85. The van der Waals surface area contributed by atoms with Crippen LogP contribution in [0.3, 0.4) is 0 Å². The minimum atomic E-state index is -0.717. The van der Waals surface area contributed by atoms with Crippen molar-refractivity contribution < 1.29 is 14.4 Å². The fourth-order valence-electron chi connectivity index (χ4n) is 2.61. The first-order chi connectivity index (χ1) is 12.9. The molecular formula is C20H18N2O3S2. The second-order valence-electron chi connectivity index (χ2n) is 6.12. The number of hydrogen-bond acceptors (Lipinski definition) is 5. The fourth-order valence-corrected chi connectivity index (χ4v) is 4.16. The molecule has 27 heavy (non-hydrogen) atoms. The number of rotatable bonds is 5. The van der Waals surface area contributed by atoms with E-state index in [1.54, 1.807) is 35.7 Å². The van der Waals surface area contributed by atoms with Crippen molar-refractivity contribution in [1.82, 2.24) is 5.32 Å². The van der Waals surface area contributed by atoms with Gasteiger partial charge >= 0.3 is 11.8 Å². The van der Waals surface area contributed by atoms with Crippen molar-refractivity contribution in [2.24, 2.45) is 0 Å². The lowest BCUT2D eigenvalue weighted by Gasteiger charge is -2.07. The molecule has 0 aliphatic carbocycles. The highest BCUT2D eigenvalue weighted by atomic mass is 32.1. The molecule has 0 fully saturated rings. The van der Waals surface area contributed by atoms with E-state index >= 15 is 0 Å². The van der Waals surface area contributed by atoms with Crippen molar-refractivity contribution in [2.75, 3.05) is 5.32 Å². The molecule has 138 valence electrons. The normalized spacial score (nSPS) is 10.4. The van der Waals surface area contributed by atoms with Crippen molar-refractivity contribution in [3.63, 3.8) is 0 Å². The van der Waals surface area contributed by atoms with Gasteiger partial charge in [0.2, 0.25) is 5.78 Å². The van der Waals surface area contributed by atoms with Gasteiger partial charge in [-0.05, 0) is 60.7 Å². The smallest absolute Gasteiger partial charge is 0.313 e. The molecular weight excluding hydrogens is 380 g/mol. The number of thiophene rings is 2. The van der Waals surface area contributed by atoms with Crippen LogP contribution in [0.5, 0.6) is 0 Å². The second-order valence-corrected chi connectivity index (χ2v) is 8.07. The standard InChI is InChI=1S/C20H18N2O3S2/c1-12-7-13(2)9-15(8-12)22-20(25)19(24)21-10-16-3-4-17(27-16)18(23)14-5-6-26-11-14/h3-9,11H,10H2,1-2H3,(H,21,24)(H,22,25). The SMILES string of the molecule is Cc1cc(C)cc(NC(=O)C(=O)NCc2ccc(C(=O)c3ccsc3)s2)c1. The molecule has 2 N–H and O–H groups in total. The number of benzene rings is 1. The summed E-state index contributed by atoms with van der Waals surface area (Å²) in [6.07, 6.45) is 0. The lowest BCUT2D eigenvalue weighted by atomic mass is 10.1. The number of carbonyl (C=O) groups is 3. The summed E-state index contributed by atoms with van der Waals surface area (Å²) >= 11 is 2.78. The van der Waals surface area contributed by atoms with E-state index in [0.717, 1.165) is 16.0 Å². The van der Waals surface area contributed by atoms with E-state index in [0.29, 0.717) is 16.1 Å². The van der Waals surface area contributed by atoms with E-state index in [9.17, 15) is 14.4 Å². The maximum Gasteiger partial charge on any atom is 0.313 e. The van der Waals surface area contributed by atoms with Gasteiger partial charge in [-0.1, -0.05) is 6.07 Å². The minimum Gasteiger partial charge on any atom is -0.343 e. The van der Waals surface area contributed by atoms with Crippen LogP contribution in [0.4, 0.5) is 5.69 Å². The molecule has 2 heterocycles. The molecule has 0 bridgehead atoms. The van der Waals surface area contributed by atoms with Crippen LogP contribution in [0.2, 0.25) is 0 Å². The van der Waals surface area contributed by atoms with Crippen molar-refractivity contribution in [3.8, 4) is 0 Å². The zero-order chi connectivity index (χ0) is 19.4. The third-order valence-corrected chi connectivity index (χ3v) is 5.55. The third kappa shape index (κ3) is 4.90. The summed E-state index contributed by atoms with van der Waals surface area (Å²) in [4.78, 5) is 37.8. The molecule has 2 aromatic heterocycles. The van der Waals surface area contributed by atoms with Crippen molar-refractivity contribution >= 4 is 46.0 Å². The lowest BCUT2D eigenvalue weighted by molar-refractivity contribution is -0.136. The summed E-state index contributed by atoms with van der Waals surface area (Å²) in [7, 11) is 0. The van der Waals surface area contributed by atoms with Crippen LogP contribution in [0, 0.1) is 13.8 Å². The van der Waals surface area contributed by atoms with Gasteiger partial charge in [0.25, 0.3) is 0 Å². The predicted molar refractivity (Wildman–Crippen MR) is 108 cm³/mol. The largest absolute Gasteiger partial charge is 0.343 e. The maximum atomic E-state index is 12.3. The first kappa shape index (κ1) is 19.0. The molecule has 0 unspecified atom stereocenters. The summed E-state index contributed by atoms with van der Waals surface area (Å²) in [5.41, 5.74) is 3.26. The predicted octanol–water partition coefficient (Wildman–Crippen LogP) is 3.91. The van der Waals surface area contributed by atoms with Crippen LogP contribution in [0.15, 0.2) is 47.2 Å². The van der Waals surface area contributed by atoms with Gasteiger partial charge < -0.3 is 10.6 Å². The Kier molecular flexibility index (Phi) is 5.83. The molecule has 0 saturated heterocycles. The molecule has 3 rings (SSSR count). The summed E-state index contributed by atoms with van der Waals surface area (Å²) in [6.45, 7) is 4.05. The highest BCUT2D eigenvalue weighted by Gasteiger charge is 2.16. The lowest BCUT2D eigenvalue weighted by Crippen LogP contribution is -2.34. The molecule has 3 aromatic rings. The van der Waals surface area contributed by atoms with Crippen LogP contribution in [0.25, 0.3) is 0 Å². The summed E-state index contributed by atoms with van der Waals surface area (Å²) in [6, 6.07) is 10.9. The first-order valence-electron chi connectivity index (χ1n) is 8.25. The number of anilines is 1. The summed E-state index contributed by atoms with van der Waals surface area (Å²) in [5.74, 6) is -1.47. The molecule has 5 nitrogen and oxygen atoms in total. The molecule has 0 aliphatic rings. The Morgan fingerprint density at radius 2 is 1.70 bits per heavy atom. The average Bonchev–Trinajstić information content (AvgIpc) is 3.30. The van der Waals surface area contributed by atoms with Crippen molar-refractivity contribution in [3.05, 3.63) is 73.6 Å². The van der Waals surface area contributed by atoms with Crippen LogP contribution in [-0.2, 0) is 16.1 Å². The van der Waals surface area contributed by atoms with Gasteiger partial charge in [-0.15, -0.1) is 11.3 Å². The number of hydrogen-bond donors (Lipinski definition) is 2. The Hall–Kier alpha value is -2.77. The molecule has 2 amide bonds. The number of aryl methyl sites for hydroxylation is 2. The Bertz CT molecular complexity index is 970. The van der Waals surface area contributed by atoms with Gasteiger partial charge in [-0.2, -0.15) is 11.3 Å². The minimum absolute atomic E-state index is 0.0358. The molecule has 0 aliphatic heterocycles. The van der Waals surface area contributed by atoms with E-state index in [4.69, 9.17) is 0 Å². The molecule has 0 radical (unpaired) electrons. The van der Waals surface area contributed by atoms with Gasteiger partial charge in [0, 0.05) is 21.5 Å². The number of ketones is 1. The molecule has 1 aromatic carbocycles. The van der Waals surface area contributed by atoms with E-state index in [1.165, 1.54) is 22.7 Å². The molecule has 0 spiro atoms. The van der Waals surface area contributed by atoms with E-state index in [2.05, 4.69) is 10.6 Å². The first-order valence-corrected chi connectivity index (χ1v) is 10.0. The quantitative estimate of drug-likeness (QED) is 0.505. The molecule has 0 saturated carbocycles. The second kappa shape index (κ2) is 8.28. The van der Waals surface area contributed by atoms with Crippen molar-refractivity contribution in [1.29, 1.82) is 0 Å².